The number of halogens is 2. The minimum absolute atomic E-state index is 0.0987. The van der Waals surface area contributed by atoms with Crippen LogP contribution in [0.3, 0.4) is 0 Å². The first-order valence-corrected chi connectivity index (χ1v) is 6.53. The maximum atomic E-state index is 7.79. The van der Waals surface area contributed by atoms with Gasteiger partial charge in [0.25, 0.3) is 0 Å². The van der Waals surface area contributed by atoms with E-state index in [9.17, 15) is 0 Å². The molecule has 4 nitrogen and oxygen atoms in total. The highest BCUT2D eigenvalue weighted by Crippen LogP contribution is 2.22. The average molecular weight is 332 g/mol. The maximum Gasteiger partial charge on any atom is 0.123 e. The van der Waals surface area contributed by atoms with Gasteiger partial charge in [0.15, 0.2) is 0 Å². The van der Waals surface area contributed by atoms with Crippen molar-refractivity contribution in [2.45, 2.75) is 20.4 Å². The molecule has 18 heavy (non-hydrogen) atoms. The van der Waals surface area contributed by atoms with Gasteiger partial charge >= 0.3 is 0 Å². The van der Waals surface area contributed by atoms with Crippen LogP contribution in [-0.4, -0.2) is 22.8 Å². The van der Waals surface area contributed by atoms with Gasteiger partial charge in [0.05, 0.1) is 12.2 Å². The highest BCUT2D eigenvalue weighted by Gasteiger charge is 2.10. The lowest BCUT2D eigenvalue weighted by Gasteiger charge is -2.19. The SMILES string of the molecule is Cc1cnc(CN(C)C(=N)/C=C(\N)Cl)c(C)c1Br. The molecule has 0 aliphatic heterocycles. The number of nitrogens with zero attached hydrogens (tertiary/aromatic N) is 2. The number of aromatic nitrogens is 1. The van der Waals surface area contributed by atoms with E-state index in [4.69, 9.17) is 22.7 Å². The van der Waals surface area contributed by atoms with Gasteiger partial charge in [0.2, 0.25) is 0 Å². The van der Waals surface area contributed by atoms with Gasteiger partial charge in [0, 0.05) is 23.8 Å². The van der Waals surface area contributed by atoms with Gasteiger partial charge in [-0.1, -0.05) is 27.5 Å². The van der Waals surface area contributed by atoms with Crippen molar-refractivity contribution in [1.29, 1.82) is 5.41 Å². The maximum absolute atomic E-state index is 7.79. The highest BCUT2D eigenvalue weighted by atomic mass is 79.9. The lowest BCUT2D eigenvalue weighted by molar-refractivity contribution is 0.490. The third-order valence-electron chi connectivity index (χ3n) is 2.60. The smallest absolute Gasteiger partial charge is 0.123 e. The van der Waals surface area contributed by atoms with Gasteiger partial charge in [0.1, 0.15) is 11.0 Å². The molecule has 0 radical (unpaired) electrons. The fourth-order valence-corrected chi connectivity index (χ4v) is 1.90. The molecule has 6 heteroatoms. The van der Waals surface area contributed by atoms with Crippen molar-refractivity contribution in [1.82, 2.24) is 9.88 Å². The third kappa shape index (κ3) is 3.71. The Morgan fingerprint density at radius 2 is 2.22 bits per heavy atom. The topological polar surface area (TPSA) is 66.0 Å². The Hall–Kier alpha value is -1.07. The van der Waals surface area contributed by atoms with E-state index in [1.165, 1.54) is 6.08 Å². The molecule has 0 bridgehead atoms. The Kier molecular flexibility index (Phi) is 5.16. The molecule has 1 heterocycles. The zero-order valence-electron chi connectivity index (χ0n) is 10.6. The number of likely N-dealkylation sites (N-methyl/N-ethyl adjacent to an activating group) is 1. The van der Waals surface area contributed by atoms with Crippen molar-refractivity contribution in [3.05, 3.63) is 38.7 Å². The van der Waals surface area contributed by atoms with Crippen LogP contribution in [-0.2, 0) is 6.54 Å². The van der Waals surface area contributed by atoms with Crippen LogP contribution in [0.1, 0.15) is 16.8 Å². The molecule has 3 N–H and O–H groups in total. The molecular weight excluding hydrogens is 316 g/mol. The number of aryl methyl sites for hydroxylation is 1. The molecule has 1 aromatic heterocycles. The van der Waals surface area contributed by atoms with E-state index in [-0.39, 0.29) is 11.0 Å². The summed E-state index contributed by atoms with van der Waals surface area (Å²) in [5.41, 5.74) is 8.43. The van der Waals surface area contributed by atoms with Crippen LogP contribution in [0.15, 0.2) is 21.9 Å². The second kappa shape index (κ2) is 6.20. The van der Waals surface area contributed by atoms with Crippen molar-refractivity contribution in [3.8, 4) is 0 Å². The molecule has 0 aliphatic rings. The minimum atomic E-state index is 0.0987. The lowest BCUT2D eigenvalue weighted by Crippen LogP contribution is -2.25. The zero-order valence-corrected chi connectivity index (χ0v) is 12.9. The minimum Gasteiger partial charge on any atom is -0.389 e. The van der Waals surface area contributed by atoms with Crippen molar-refractivity contribution >= 4 is 33.4 Å². The number of amidine groups is 1. The van der Waals surface area contributed by atoms with Gasteiger partial charge < -0.3 is 10.6 Å². The fraction of sp³-hybridized carbons (Fsp3) is 0.333. The number of hydrogen-bond acceptors (Lipinski definition) is 3. The predicted molar refractivity (Wildman–Crippen MR) is 78.7 cm³/mol. The normalized spacial score (nSPS) is 11.5. The van der Waals surface area contributed by atoms with E-state index in [1.54, 1.807) is 11.9 Å². The summed E-state index contributed by atoms with van der Waals surface area (Å²) in [5, 5.41) is 7.89. The van der Waals surface area contributed by atoms with E-state index in [0.29, 0.717) is 6.54 Å². The van der Waals surface area contributed by atoms with Gasteiger partial charge in [-0.2, -0.15) is 0 Å². The number of hydrogen-bond donors (Lipinski definition) is 2. The molecule has 0 unspecified atom stereocenters. The molecule has 0 aliphatic carbocycles. The second-order valence-electron chi connectivity index (χ2n) is 4.10. The molecule has 0 aromatic carbocycles. The van der Waals surface area contributed by atoms with Crippen LogP contribution in [0.4, 0.5) is 0 Å². The summed E-state index contributed by atoms with van der Waals surface area (Å²) >= 11 is 9.08. The number of nitrogens with one attached hydrogen (secondary N) is 1. The van der Waals surface area contributed by atoms with Crippen LogP contribution < -0.4 is 5.73 Å². The summed E-state index contributed by atoms with van der Waals surface area (Å²) in [7, 11) is 1.80. The molecule has 98 valence electrons. The van der Waals surface area contributed by atoms with E-state index in [0.717, 1.165) is 21.3 Å². The first-order valence-electron chi connectivity index (χ1n) is 5.36. The Morgan fingerprint density at radius 3 is 2.78 bits per heavy atom. The Labute approximate surface area is 120 Å². The van der Waals surface area contributed by atoms with Gasteiger partial charge in [-0.15, -0.1) is 0 Å². The average Bonchev–Trinajstić information content (AvgIpc) is 2.29. The molecule has 0 amide bonds. The summed E-state index contributed by atoms with van der Waals surface area (Å²) in [6, 6.07) is 0. The second-order valence-corrected chi connectivity index (χ2v) is 5.33. The molecule has 1 rings (SSSR count). The van der Waals surface area contributed by atoms with Crippen molar-refractivity contribution < 1.29 is 0 Å². The number of rotatable bonds is 3. The lowest BCUT2D eigenvalue weighted by atomic mass is 10.1. The molecule has 0 saturated heterocycles. The quantitative estimate of drug-likeness (QED) is 0.508. The van der Waals surface area contributed by atoms with E-state index in [2.05, 4.69) is 20.9 Å². The Balaban J connectivity index is 2.89. The molecular formula is C12H16BrClN4. The number of nitrogens with two attached hydrogens (primary N) is 1. The fourth-order valence-electron chi connectivity index (χ4n) is 1.46. The molecule has 1 aromatic rings. The highest BCUT2D eigenvalue weighted by molar-refractivity contribution is 9.10. The van der Waals surface area contributed by atoms with Crippen molar-refractivity contribution in [2.75, 3.05) is 7.05 Å². The predicted octanol–water partition coefficient (Wildman–Crippen LogP) is 2.91. The van der Waals surface area contributed by atoms with E-state index < -0.39 is 0 Å². The number of pyridine rings is 1. The third-order valence-corrected chi connectivity index (χ3v) is 3.92. The summed E-state index contributed by atoms with van der Waals surface area (Å²) in [5.74, 6) is 0.250. The summed E-state index contributed by atoms with van der Waals surface area (Å²) in [4.78, 5) is 6.12. The van der Waals surface area contributed by atoms with Crippen LogP contribution >= 0.6 is 27.5 Å². The van der Waals surface area contributed by atoms with E-state index >= 15 is 0 Å². The Morgan fingerprint density at radius 1 is 1.61 bits per heavy atom. The molecule has 0 atom stereocenters. The first kappa shape index (κ1) is 15.0. The molecule has 0 saturated carbocycles. The van der Waals surface area contributed by atoms with Crippen LogP contribution in [0.2, 0.25) is 0 Å². The first-order chi connectivity index (χ1) is 8.32. The largest absolute Gasteiger partial charge is 0.389 e. The molecule has 0 fully saturated rings. The van der Waals surface area contributed by atoms with Crippen molar-refractivity contribution in [3.63, 3.8) is 0 Å². The Bertz CT molecular complexity index is 495. The van der Waals surface area contributed by atoms with Gasteiger partial charge in [-0.25, -0.2) is 0 Å². The monoisotopic (exact) mass is 330 g/mol. The molecule has 0 spiro atoms. The summed E-state index contributed by atoms with van der Waals surface area (Å²) in [6.45, 7) is 4.53. The van der Waals surface area contributed by atoms with Crippen LogP contribution in [0.25, 0.3) is 0 Å². The summed E-state index contributed by atoms with van der Waals surface area (Å²) < 4.78 is 1.06. The van der Waals surface area contributed by atoms with Gasteiger partial charge in [-0.05, 0) is 25.0 Å². The van der Waals surface area contributed by atoms with Crippen molar-refractivity contribution in [2.24, 2.45) is 5.73 Å². The van der Waals surface area contributed by atoms with Gasteiger partial charge in [-0.3, -0.25) is 10.4 Å². The van der Waals surface area contributed by atoms with Crippen LogP contribution in [0, 0.1) is 19.3 Å². The van der Waals surface area contributed by atoms with E-state index in [1.807, 2.05) is 20.0 Å². The standard InChI is InChI=1S/C12H16BrClN4/c1-7-5-17-9(8(2)12(7)13)6-18(3)11(16)4-10(14)15/h4-5,16H,6,15H2,1-3H3/b10-4-,16-11?. The summed E-state index contributed by atoms with van der Waals surface area (Å²) in [6.07, 6.45) is 3.22. The van der Waals surface area contributed by atoms with Crippen LogP contribution in [0.5, 0.6) is 0 Å². The zero-order chi connectivity index (χ0) is 13.9.